The monoisotopic (exact) mass is 276 g/mol. The summed E-state index contributed by atoms with van der Waals surface area (Å²) in [6, 6.07) is 8.51. The minimum atomic E-state index is -0.239. The van der Waals surface area contributed by atoms with Crippen LogP contribution in [0.2, 0.25) is 0 Å². The molecule has 2 heterocycles. The summed E-state index contributed by atoms with van der Waals surface area (Å²) in [7, 11) is 0. The molecule has 1 unspecified atom stereocenters. The summed E-state index contributed by atoms with van der Waals surface area (Å²) in [5.41, 5.74) is 0.803. The fraction of sp³-hybridized carbons (Fsp3) is 0.214. The number of furan rings is 1. The van der Waals surface area contributed by atoms with Crippen LogP contribution in [-0.2, 0) is 0 Å². The number of thiazole rings is 1. The third-order valence-corrected chi connectivity index (χ3v) is 3.83. The van der Waals surface area contributed by atoms with Gasteiger partial charge in [0.2, 0.25) is 0 Å². The van der Waals surface area contributed by atoms with Crippen molar-refractivity contribution in [2.75, 3.05) is 5.32 Å². The van der Waals surface area contributed by atoms with Gasteiger partial charge in [0.25, 0.3) is 0 Å². The summed E-state index contributed by atoms with van der Waals surface area (Å²) in [5.74, 6) is 1.51. The largest absolute Gasteiger partial charge is 0.464 e. The van der Waals surface area contributed by atoms with E-state index in [4.69, 9.17) is 4.42 Å². The summed E-state index contributed by atoms with van der Waals surface area (Å²) < 4.78 is 19.5. The second-order valence-corrected chi connectivity index (χ2v) is 5.48. The van der Waals surface area contributed by atoms with Crippen LogP contribution >= 0.6 is 11.3 Å². The van der Waals surface area contributed by atoms with Crippen LogP contribution in [0, 0.1) is 12.7 Å². The molecule has 3 rings (SSSR count). The molecular weight excluding hydrogens is 263 g/mol. The number of hydrogen-bond acceptors (Lipinski definition) is 4. The summed E-state index contributed by atoms with van der Waals surface area (Å²) in [5, 5.41) is 4.04. The number of aromatic nitrogens is 1. The number of benzene rings is 1. The Kier molecular flexibility index (Phi) is 2.98. The first-order chi connectivity index (χ1) is 9.11. The third kappa shape index (κ3) is 2.46. The van der Waals surface area contributed by atoms with Crippen LogP contribution in [0.15, 0.2) is 34.7 Å². The predicted molar refractivity (Wildman–Crippen MR) is 75.1 cm³/mol. The van der Waals surface area contributed by atoms with E-state index in [1.165, 1.54) is 23.5 Å². The Morgan fingerprint density at radius 2 is 2.16 bits per heavy atom. The van der Waals surface area contributed by atoms with Gasteiger partial charge in [0.15, 0.2) is 5.13 Å². The zero-order chi connectivity index (χ0) is 13.4. The lowest BCUT2D eigenvalue weighted by molar-refractivity contribution is 0.467. The maximum Gasteiger partial charge on any atom is 0.184 e. The number of fused-ring (bicyclic) bond motifs is 1. The average Bonchev–Trinajstić information content (AvgIpc) is 2.94. The lowest BCUT2D eigenvalue weighted by Gasteiger charge is -2.09. The summed E-state index contributed by atoms with van der Waals surface area (Å²) >= 11 is 1.44. The molecule has 3 nitrogen and oxygen atoms in total. The second-order valence-electron chi connectivity index (χ2n) is 4.45. The molecule has 0 aliphatic rings. The lowest BCUT2D eigenvalue weighted by Crippen LogP contribution is -2.04. The van der Waals surface area contributed by atoms with Crippen molar-refractivity contribution in [1.29, 1.82) is 0 Å². The van der Waals surface area contributed by atoms with E-state index in [1.807, 2.05) is 26.0 Å². The smallest absolute Gasteiger partial charge is 0.184 e. The summed E-state index contributed by atoms with van der Waals surface area (Å²) in [4.78, 5) is 4.43. The molecule has 0 saturated carbocycles. The highest BCUT2D eigenvalue weighted by Crippen LogP contribution is 2.29. The Morgan fingerprint density at radius 3 is 2.89 bits per heavy atom. The highest BCUT2D eigenvalue weighted by Gasteiger charge is 2.12. The van der Waals surface area contributed by atoms with E-state index in [1.54, 1.807) is 6.07 Å². The van der Waals surface area contributed by atoms with Crippen LogP contribution in [-0.4, -0.2) is 4.98 Å². The van der Waals surface area contributed by atoms with Crippen LogP contribution in [0.25, 0.3) is 10.2 Å². The molecule has 5 heteroatoms. The Labute approximate surface area is 114 Å². The molecule has 3 aromatic rings. The normalized spacial score (nSPS) is 12.8. The molecule has 0 amide bonds. The van der Waals surface area contributed by atoms with Crippen LogP contribution in [0.4, 0.5) is 9.52 Å². The van der Waals surface area contributed by atoms with Gasteiger partial charge in [0, 0.05) is 0 Å². The number of nitrogens with one attached hydrogen (secondary N) is 1. The van der Waals surface area contributed by atoms with E-state index < -0.39 is 0 Å². The van der Waals surface area contributed by atoms with Crippen LogP contribution < -0.4 is 5.32 Å². The molecule has 98 valence electrons. The summed E-state index contributed by atoms with van der Waals surface area (Å²) in [6.45, 7) is 3.92. The van der Waals surface area contributed by atoms with Gasteiger partial charge in [-0.25, -0.2) is 9.37 Å². The first kappa shape index (κ1) is 12.2. The zero-order valence-electron chi connectivity index (χ0n) is 10.6. The quantitative estimate of drug-likeness (QED) is 0.764. The predicted octanol–water partition coefficient (Wildman–Crippen LogP) is 4.51. The van der Waals surface area contributed by atoms with Gasteiger partial charge in [-0.15, -0.1) is 0 Å². The Balaban J connectivity index is 1.85. The van der Waals surface area contributed by atoms with Gasteiger partial charge >= 0.3 is 0 Å². The van der Waals surface area contributed by atoms with Crippen molar-refractivity contribution in [2.24, 2.45) is 0 Å². The van der Waals surface area contributed by atoms with Crippen molar-refractivity contribution in [3.05, 3.63) is 47.7 Å². The van der Waals surface area contributed by atoms with E-state index in [2.05, 4.69) is 10.3 Å². The van der Waals surface area contributed by atoms with Gasteiger partial charge in [-0.2, -0.15) is 0 Å². The number of anilines is 1. The molecule has 0 bridgehead atoms. The van der Waals surface area contributed by atoms with Crippen molar-refractivity contribution >= 4 is 26.7 Å². The fourth-order valence-electron chi connectivity index (χ4n) is 1.90. The van der Waals surface area contributed by atoms with E-state index >= 15 is 0 Å². The molecule has 19 heavy (non-hydrogen) atoms. The van der Waals surface area contributed by atoms with Gasteiger partial charge < -0.3 is 9.73 Å². The van der Waals surface area contributed by atoms with Crippen molar-refractivity contribution in [2.45, 2.75) is 19.9 Å². The highest BCUT2D eigenvalue weighted by molar-refractivity contribution is 7.22. The van der Waals surface area contributed by atoms with Crippen LogP contribution in [0.5, 0.6) is 0 Å². The minimum Gasteiger partial charge on any atom is -0.464 e. The lowest BCUT2D eigenvalue weighted by atomic mass is 10.2. The maximum absolute atomic E-state index is 13.1. The van der Waals surface area contributed by atoms with Gasteiger partial charge in [0.05, 0.1) is 16.3 Å². The van der Waals surface area contributed by atoms with Gasteiger partial charge in [-0.3, -0.25) is 0 Å². The number of aryl methyl sites for hydroxylation is 1. The van der Waals surface area contributed by atoms with Crippen LogP contribution in [0.1, 0.15) is 24.5 Å². The summed E-state index contributed by atoms with van der Waals surface area (Å²) in [6.07, 6.45) is 0. The van der Waals surface area contributed by atoms with Gasteiger partial charge in [-0.1, -0.05) is 11.3 Å². The molecule has 0 fully saturated rings. The first-order valence-electron chi connectivity index (χ1n) is 6.01. The molecular formula is C14H13FN2OS. The Hall–Kier alpha value is -1.88. The second kappa shape index (κ2) is 4.66. The highest BCUT2D eigenvalue weighted by atomic mass is 32.1. The minimum absolute atomic E-state index is 0.0270. The van der Waals surface area contributed by atoms with Crippen molar-refractivity contribution in [3.63, 3.8) is 0 Å². The average molecular weight is 276 g/mol. The Bertz CT molecular complexity index is 719. The number of nitrogens with zero attached hydrogens (tertiary/aromatic N) is 1. The van der Waals surface area contributed by atoms with Crippen molar-refractivity contribution in [1.82, 2.24) is 4.98 Å². The van der Waals surface area contributed by atoms with Crippen molar-refractivity contribution < 1.29 is 8.81 Å². The molecule has 1 aromatic carbocycles. The fourth-order valence-corrected chi connectivity index (χ4v) is 2.88. The standard InChI is InChI=1S/C14H13FN2OS/c1-8-3-6-12(18-8)9(2)16-14-17-11-5-4-10(15)7-13(11)19-14/h3-7,9H,1-2H3,(H,16,17). The molecule has 0 aliphatic heterocycles. The van der Waals surface area contributed by atoms with Gasteiger partial charge in [-0.05, 0) is 44.2 Å². The molecule has 2 aromatic heterocycles. The Morgan fingerprint density at radius 1 is 1.32 bits per heavy atom. The van der Waals surface area contributed by atoms with E-state index in [0.29, 0.717) is 0 Å². The van der Waals surface area contributed by atoms with E-state index in [-0.39, 0.29) is 11.9 Å². The van der Waals surface area contributed by atoms with Gasteiger partial charge in [0.1, 0.15) is 17.3 Å². The van der Waals surface area contributed by atoms with E-state index in [9.17, 15) is 4.39 Å². The third-order valence-electron chi connectivity index (χ3n) is 2.88. The maximum atomic E-state index is 13.1. The zero-order valence-corrected chi connectivity index (χ0v) is 11.4. The SMILES string of the molecule is Cc1ccc(C(C)Nc2nc3ccc(F)cc3s2)o1. The molecule has 0 aliphatic carbocycles. The number of hydrogen-bond donors (Lipinski definition) is 1. The van der Waals surface area contributed by atoms with Crippen molar-refractivity contribution in [3.8, 4) is 0 Å². The molecule has 1 atom stereocenters. The topological polar surface area (TPSA) is 38.1 Å². The molecule has 0 radical (unpaired) electrons. The number of rotatable bonds is 3. The molecule has 1 N–H and O–H groups in total. The number of halogens is 1. The first-order valence-corrected chi connectivity index (χ1v) is 6.82. The van der Waals surface area contributed by atoms with E-state index in [0.717, 1.165) is 26.9 Å². The van der Waals surface area contributed by atoms with Crippen LogP contribution in [0.3, 0.4) is 0 Å². The molecule has 0 saturated heterocycles. The molecule has 0 spiro atoms.